The monoisotopic (exact) mass is 307 g/mol. The smallest absolute Gasteiger partial charge is 0.271 e. The first-order valence-corrected chi connectivity index (χ1v) is 7.81. The molecule has 1 N–H and O–H groups in total. The summed E-state index contributed by atoms with van der Waals surface area (Å²) in [5.74, 6) is -0.395. The number of hydrogen-bond donors (Lipinski definition) is 1. The van der Waals surface area contributed by atoms with Crippen LogP contribution in [-0.4, -0.2) is 44.5 Å². The van der Waals surface area contributed by atoms with Crippen molar-refractivity contribution < 1.29 is 9.90 Å². The third-order valence-electron chi connectivity index (χ3n) is 3.99. The summed E-state index contributed by atoms with van der Waals surface area (Å²) in [6.45, 7) is 0.248. The molecule has 21 heavy (non-hydrogen) atoms. The van der Waals surface area contributed by atoms with Gasteiger partial charge in [-0.2, -0.15) is 0 Å². The second kappa shape index (κ2) is 5.23. The van der Waals surface area contributed by atoms with Gasteiger partial charge in [-0.3, -0.25) is 14.0 Å². The molecule has 1 amide bonds. The molecule has 7 heteroatoms. The predicted molar refractivity (Wildman–Crippen MR) is 79.7 cm³/mol. The van der Waals surface area contributed by atoms with Crippen molar-refractivity contribution in [1.82, 2.24) is 14.3 Å². The lowest BCUT2D eigenvalue weighted by Crippen LogP contribution is -2.43. The molecule has 0 bridgehead atoms. The topological polar surface area (TPSA) is 74.9 Å². The van der Waals surface area contributed by atoms with E-state index in [0.29, 0.717) is 17.8 Å². The van der Waals surface area contributed by atoms with Gasteiger partial charge in [-0.1, -0.05) is 12.8 Å². The van der Waals surface area contributed by atoms with Crippen LogP contribution >= 0.6 is 11.3 Å². The molecule has 2 aromatic heterocycles. The van der Waals surface area contributed by atoms with Crippen molar-refractivity contribution in [1.29, 1.82) is 0 Å². The Hall–Kier alpha value is -1.73. The number of nitrogens with zero attached hydrogens (tertiary/aromatic N) is 3. The minimum absolute atomic E-state index is 0.0370. The summed E-state index contributed by atoms with van der Waals surface area (Å²) in [5.41, 5.74) is -1.15. The van der Waals surface area contributed by atoms with E-state index in [1.165, 1.54) is 26.8 Å². The number of rotatable bonds is 3. The van der Waals surface area contributed by atoms with Crippen LogP contribution in [0.3, 0.4) is 0 Å². The van der Waals surface area contributed by atoms with Crippen molar-refractivity contribution in [2.24, 2.45) is 0 Å². The van der Waals surface area contributed by atoms with Crippen LogP contribution < -0.4 is 5.56 Å². The van der Waals surface area contributed by atoms with Crippen molar-refractivity contribution in [2.45, 2.75) is 31.3 Å². The average molecular weight is 307 g/mol. The number of carbonyl (C=O) groups is 1. The summed E-state index contributed by atoms with van der Waals surface area (Å²) in [4.78, 5) is 30.8. The molecular formula is C14H17N3O3S. The number of thiazole rings is 1. The zero-order valence-electron chi connectivity index (χ0n) is 11.8. The van der Waals surface area contributed by atoms with E-state index in [1.807, 2.05) is 0 Å². The molecule has 0 aromatic carbocycles. The Labute approximate surface area is 125 Å². The highest BCUT2D eigenvalue weighted by atomic mass is 32.1. The van der Waals surface area contributed by atoms with Crippen molar-refractivity contribution >= 4 is 22.2 Å². The van der Waals surface area contributed by atoms with Gasteiger partial charge >= 0.3 is 0 Å². The van der Waals surface area contributed by atoms with Crippen molar-refractivity contribution in [2.75, 3.05) is 13.6 Å². The average Bonchev–Trinajstić information content (AvgIpc) is 3.07. The minimum atomic E-state index is -0.819. The van der Waals surface area contributed by atoms with Gasteiger partial charge in [0.25, 0.3) is 11.5 Å². The molecule has 2 aromatic rings. The fourth-order valence-electron chi connectivity index (χ4n) is 2.88. The highest BCUT2D eigenvalue weighted by Crippen LogP contribution is 2.30. The van der Waals surface area contributed by atoms with E-state index in [9.17, 15) is 14.7 Å². The predicted octanol–water partition coefficient (Wildman–Crippen LogP) is 1.13. The number of fused-ring (bicyclic) bond motifs is 1. The first-order valence-electron chi connectivity index (χ1n) is 6.93. The van der Waals surface area contributed by atoms with Crippen molar-refractivity contribution in [3.8, 4) is 0 Å². The summed E-state index contributed by atoms with van der Waals surface area (Å²) in [7, 11) is 1.61. The molecule has 0 aliphatic heterocycles. The summed E-state index contributed by atoms with van der Waals surface area (Å²) in [6, 6.07) is 0. The van der Waals surface area contributed by atoms with Crippen molar-refractivity contribution in [3.63, 3.8) is 0 Å². The van der Waals surface area contributed by atoms with E-state index in [2.05, 4.69) is 4.98 Å². The zero-order chi connectivity index (χ0) is 15.0. The maximum absolute atomic E-state index is 12.4. The van der Waals surface area contributed by atoms with Gasteiger partial charge in [0, 0.05) is 31.4 Å². The SMILES string of the molecule is CN(CC1(O)CCCC1)C(=O)c1cnc2sccn2c1=O. The van der Waals surface area contributed by atoms with Gasteiger partial charge in [0.15, 0.2) is 4.96 Å². The first kappa shape index (κ1) is 14.2. The van der Waals surface area contributed by atoms with Gasteiger partial charge in [0.05, 0.1) is 5.60 Å². The van der Waals surface area contributed by atoms with Gasteiger partial charge in [-0.05, 0) is 12.8 Å². The van der Waals surface area contributed by atoms with Gasteiger partial charge in [-0.15, -0.1) is 11.3 Å². The number of carbonyl (C=O) groups excluding carboxylic acids is 1. The number of amides is 1. The molecule has 6 nitrogen and oxygen atoms in total. The van der Waals surface area contributed by atoms with E-state index < -0.39 is 11.5 Å². The Morgan fingerprint density at radius 3 is 2.95 bits per heavy atom. The van der Waals surface area contributed by atoms with Crippen LogP contribution in [0.5, 0.6) is 0 Å². The van der Waals surface area contributed by atoms with Crippen LogP contribution in [0.15, 0.2) is 22.6 Å². The number of hydrogen-bond acceptors (Lipinski definition) is 5. The third kappa shape index (κ3) is 2.58. The first-order chi connectivity index (χ1) is 10.0. The van der Waals surface area contributed by atoms with Crippen LogP contribution in [0.4, 0.5) is 0 Å². The fraction of sp³-hybridized carbons (Fsp3) is 0.500. The van der Waals surface area contributed by atoms with Crippen molar-refractivity contribution in [3.05, 3.63) is 33.7 Å². The molecule has 3 rings (SSSR count). The highest BCUT2D eigenvalue weighted by molar-refractivity contribution is 7.15. The largest absolute Gasteiger partial charge is 0.388 e. The van der Waals surface area contributed by atoms with Gasteiger partial charge in [0.1, 0.15) is 5.56 Å². The van der Waals surface area contributed by atoms with Crippen LogP contribution in [0.2, 0.25) is 0 Å². The molecule has 0 saturated heterocycles. The number of aromatic nitrogens is 2. The van der Waals surface area contributed by atoms with E-state index >= 15 is 0 Å². The Morgan fingerprint density at radius 1 is 1.52 bits per heavy atom. The molecule has 1 aliphatic rings. The lowest BCUT2D eigenvalue weighted by atomic mass is 10.0. The molecule has 0 atom stereocenters. The van der Waals surface area contributed by atoms with E-state index in [1.54, 1.807) is 18.6 Å². The lowest BCUT2D eigenvalue weighted by molar-refractivity contribution is 0.0156. The molecule has 112 valence electrons. The lowest BCUT2D eigenvalue weighted by Gasteiger charge is -2.28. The maximum atomic E-state index is 12.4. The fourth-order valence-corrected chi connectivity index (χ4v) is 3.56. The molecule has 1 saturated carbocycles. The summed E-state index contributed by atoms with van der Waals surface area (Å²) >= 11 is 1.34. The number of aliphatic hydroxyl groups is 1. The van der Waals surface area contributed by atoms with Gasteiger partial charge < -0.3 is 10.0 Å². The Kier molecular flexibility index (Phi) is 3.54. The van der Waals surface area contributed by atoms with Gasteiger partial charge in [0.2, 0.25) is 0 Å². The molecule has 0 unspecified atom stereocenters. The second-order valence-corrected chi connectivity index (χ2v) is 6.50. The van der Waals surface area contributed by atoms with E-state index in [-0.39, 0.29) is 17.7 Å². The van der Waals surface area contributed by atoms with Crippen LogP contribution in [-0.2, 0) is 0 Å². The summed E-state index contributed by atoms with van der Waals surface area (Å²) < 4.78 is 1.37. The molecular weight excluding hydrogens is 290 g/mol. The third-order valence-corrected chi connectivity index (χ3v) is 4.76. The van der Waals surface area contributed by atoms with E-state index in [4.69, 9.17) is 0 Å². The maximum Gasteiger partial charge on any atom is 0.271 e. The zero-order valence-corrected chi connectivity index (χ0v) is 12.6. The molecule has 2 heterocycles. The Bertz CT molecular complexity index is 730. The molecule has 1 fully saturated rings. The van der Waals surface area contributed by atoms with Crippen LogP contribution in [0.25, 0.3) is 4.96 Å². The van der Waals surface area contributed by atoms with Crippen LogP contribution in [0, 0.1) is 0 Å². The van der Waals surface area contributed by atoms with Crippen LogP contribution in [0.1, 0.15) is 36.0 Å². The molecule has 1 aliphatic carbocycles. The quantitative estimate of drug-likeness (QED) is 0.922. The normalized spacial score (nSPS) is 17.2. The summed E-state index contributed by atoms with van der Waals surface area (Å²) in [5, 5.41) is 12.1. The molecule has 0 spiro atoms. The van der Waals surface area contributed by atoms with E-state index in [0.717, 1.165) is 12.8 Å². The minimum Gasteiger partial charge on any atom is -0.388 e. The Balaban J connectivity index is 1.86. The second-order valence-electron chi connectivity index (χ2n) is 5.63. The van der Waals surface area contributed by atoms with Gasteiger partial charge in [-0.25, -0.2) is 4.98 Å². The Morgan fingerprint density at radius 2 is 2.24 bits per heavy atom. The standard InChI is InChI=1S/C14H17N3O3S/c1-16(9-14(20)4-2-3-5-14)11(18)10-8-15-13-17(12(10)19)6-7-21-13/h6-8,20H,2-5,9H2,1H3. The summed E-state index contributed by atoms with van der Waals surface area (Å²) in [6.07, 6.45) is 6.28. The highest BCUT2D eigenvalue weighted by Gasteiger charge is 2.34. The molecule has 0 radical (unpaired) electrons. The number of likely N-dealkylation sites (N-methyl/N-ethyl adjacent to an activating group) is 1.